The third-order valence-corrected chi connectivity index (χ3v) is 3.98. The van der Waals surface area contributed by atoms with Crippen molar-refractivity contribution in [3.05, 3.63) is 96.7 Å². The Hall–Kier alpha value is -3.53. The van der Waals surface area contributed by atoms with E-state index in [-0.39, 0.29) is 5.90 Å². The van der Waals surface area contributed by atoms with Gasteiger partial charge in [0.2, 0.25) is 0 Å². The Morgan fingerprint density at radius 2 is 1.44 bits per heavy atom. The fraction of sp³-hybridized carbons (Fsp3) is 0. The Balaban J connectivity index is 1.95. The van der Waals surface area contributed by atoms with E-state index in [1.165, 1.54) is 4.79 Å². The molecule has 3 aromatic carbocycles. The number of nitrogens with zero attached hydrogens (tertiary/aromatic N) is 3. The molecule has 0 unspecified atom stereocenters. The molecule has 0 amide bonds. The molecule has 0 aliphatic rings. The van der Waals surface area contributed by atoms with Crippen molar-refractivity contribution in [2.24, 2.45) is 5.10 Å². The predicted octanol–water partition coefficient (Wildman–Crippen LogP) is 2.76. The molecular formula is C21H15N3O. The lowest BCUT2D eigenvalue weighted by molar-refractivity contribution is -0.728. The first-order chi connectivity index (χ1) is 12.3. The smallest absolute Gasteiger partial charge is 0.283 e. The molecule has 0 atom stereocenters. The number of aromatic nitrogens is 2. The maximum absolute atomic E-state index is 12.5. The molecule has 0 radical (unpaired) electrons. The van der Waals surface area contributed by atoms with Crippen LogP contribution in [0.25, 0.3) is 22.0 Å². The van der Waals surface area contributed by atoms with Crippen molar-refractivity contribution in [1.29, 1.82) is 0 Å². The van der Waals surface area contributed by atoms with Crippen LogP contribution in [0, 0.1) is 0 Å². The van der Waals surface area contributed by atoms with E-state index in [9.17, 15) is 5.11 Å². The largest absolute Gasteiger partial charge is 0.854 e. The van der Waals surface area contributed by atoms with Crippen molar-refractivity contribution in [2.45, 2.75) is 0 Å². The summed E-state index contributed by atoms with van der Waals surface area (Å²) in [5.41, 5.74) is 2.28. The summed E-state index contributed by atoms with van der Waals surface area (Å²) in [6.45, 7) is 0. The lowest BCUT2D eigenvalue weighted by atomic mass is 10.1. The molecule has 0 fully saturated rings. The van der Waals surface area contributed by atoms with E-state index in [0.717, 1.165) is 22.0 Å². The first-order valence-electron chi connectivity index (χ1n) is 8.00. The van der Waals surface area contributed by atoms with Crippen LogP contribution in [0.1, 0.15) is 5.56 Å². The van der Waals surface area contributed by atoms with E-state index in [1.54, 1.807) is 18.3 Å². The Bertz CT molecular complexity index is 1040. The zero-order valence-electron chi connectivity index (χ0n) is 13.4. The fourth-order valence-corrected chi connectivity index (χ4v) is 2.77. The van der Waals surface area contributed by atoms with Crippen LogP contribution in [-0.2, 0) is 0 Å². The summed E-state index contributed by atoms with van der Waals surface area (Å²) in [5, 5.41) is 23.1. The van der Waals surface area contributed by atoms with Gasteiger partial charge in [-0.2, -0.15) is 0 Å². The molecule has 4 aromatic rings. The van der Waals surface area contributed by atoms with Gasteiger partial charge in [-0.15, -0.1) is 0 Å². The van der Waals surface area contributed by atoms with Crippen LogP contribution in [0.15, 0.2) is 96.2 Å². The molecule has 25 heavy (non-hydrogen) atoms. The minimum Gasteiger partial charge on any atom is -0.854 e. The van der Waals surface area contributed by atoms with Gasteiger partial charge in [-0.25, -0.2) is 0 Å². The Morgan fingerprint density at radius 3 is 2.20 bits per heavy atom. The van der Waals surface area contributed by atoms with E-state index >= 15 is 0 Å². The lowest BCUT2D eigenvalue weighted by Gasteiger charge is -2.07. The zero-order valence-corrected chi connectivity index (χ0v) is 13.4. The van der Waals surface area contributed by atoms with Crippen molar-refractivity contribution >= 4 is 16.7 Å². The van der Waals surface area contributed by atoms with Crippen LogP contribution in [0.5, 0.6) is 0 Å². The monoisotopic (exact) mass is 325 g/mol. The molecule has 0 bridgehead atoms. The van der Waals surface area contributed by atoms with E-state index in [1.807, 2.05) is 72.8 Å². The molecule has 0 saturated carbocycles. The molecule has 0 spiro atoms. The van der Waals surface area contributed by atoms with Crippen LogP contribution < -0.4 is 9.90 Å². The number of fused-ring (bicyclic) bond motifs is 1. The molecule has 0 saturated heterocycles. The van der Waals surface area contributed by atoms with E-state index in [2.05, 4.69) is 10.2 Å². The van der Waals surface area contributed by atoms with Crippen molar-refractivity contribution in [3.8, 4) is 11.3 Å². The van der Waals surface area contributed by atoms with Gasteiger partial charge < -0.3 is 5.11 Å². The summed E-state index contributed by atoms with van der Waals surface area (Å²) in [4.78, 5) is 1.42. The average molecular weight is 325 g/mol. The highest BCUT2D eigenvalue weighted by Gasteiger charge is 2.19. The fourth-order valence-electron chi connectivity index (χ4n) is 2.77. The van der Waals surface area contributed by atoms with Crippen molar-refractivity contribution < 1.29 is 9.90 Å². The predicted molar refractivity (Wildman–Crippen MR) is 95.8 cm³/mol. The Morgan fingerprint density at radius 1 is 0.800 bits per heavy atom. The number of rotatable bonds is 3. The molecule has 4 nitrogen and oxygen atoms in total. The van der Waals surface area contributed by atoms with Gasteiger partial charge in [0.1, 0.15) is 6.20 Å². The minimum absolute atomic E-state index is 0.328. The summed E-state index contributed by atoms with van der Waals surface area (Å²) < 4.78 is 0. The van der Waals surface area contributed by atoms with Crippen LogP contribution >= 0.6 is 0 Å². The first kappa shape index (κ1) is 15.0. The first-order valence-corrected chi connectivity index (χ1v) is 8.00. The van der Waals surface area contributed by atoms with Gasteiger partial charge in [0.25, 0.3) is 5.69 Å². The van der Waals surface area contributed by atoms with Crippen molar-refractivity contribution in [3.63, 3.8) is 0 Å². The van der Waals surface area contributed by atoms with Crippen LogP contribution in [-0.4, -0.2) is 11.0 Å². The summed E-state index contributed by atoms with van der Waals surface area (Å²) in [6.07, 6.45) is 1.73. The quantitative estimate of drug-likeness (QED) is 0.330. The lowest BCUT2D eigenvalue weighted by Crippen LogP contribution is -2.39. The van der Waals surface area contributed by atoms with Gasteiger partial charge in [-0.1, -0.05) is 66.7 Å². The molecule has 1 aromatic heterocycles. The third kappa shape index (κ3) is 2.97. The molecule has 4 heteroatoms. The minimum atomic E-state index is -0.328. The molecular weight excluding hydrogens is 310 g/mol. The Kier molecular flexibility index (Phi) is 3.92. The van der Waals surface area contributed by atoms with Gasteiger partial charge in [-0.05, 0) is 23.8 Å². The van der Waals surface area contributed by atoms with Gasteiger partial charge >= 0.3 is 0 Å². The molecule has 0 aliphatic carbocycles. The average Bonchev–Trinajstić information content (AvgIpc) is 2.69. The summed E-state index contributed by atoms with van der Waals surface area (Å²) in [6, 6.07) is 26.8. The number of benzene rings is 3. The molecule has 0 aliphatic heterocycles. The van der Waals surface area contributed by atoms with Gasteiger partial charge in [0, 0.05) is 15.6 Å². The number of hydrogen-bond donors (Lipinski definition) is 0. The Labute approximate surface area is 145 Å². The normalized spacial score (nSPS) is 11.6. The highest BCUT2D eigenvalue weighted by Crippen LogP contribution is 2.24. The summed E-state index contributed by atoms with van der Waals surface area (Å²) >= 11 is 0. The van der Waals surface area contributed by atoms with Crippen LogP contribution in [0.3, 0.4) is 0 Å². The zero-order chi connectivity index (χ0) is 17.1. The molecule has 4 rings (SSSR count). The molecule has 1 heterocycles. The van der Waals surface area contributed by atoms with Gasteiger partial charge in [0.15, 0.2) is 0 Å². The van der Waals surface area contributed by atoms with Crippen LogP contribution in [0.4, 0.5) is 0 Å². The third-order valence-electron chi connectivity index (χ3n) is 3.98. The van der Waals surface area contributed by atoms with E-state index in [0.29, 0.717) is 5.56 Å². The van der Waals surface area contributed by atoms with Gasteiger partial charge in [0.05, 0.1) is 21.6 Å². The number of hydrogen-bond acceptors (Lipinski definition) is 3. The maximum atomic E-state index is 12.5. The maximum Gasteiger partial charge on any atom is 0.283 e. The SMILES string of the molecule is [O-]/C(=N\[n+]1ncc2ccccc2c1-c1ccccc1)c1ccccc1. The highest BCUT2D eigenvalue weighted by atomic mass is 16.3. The summed E-state index contributed by atoms with van der Waals surface area (Å²) in [5.74, 6) is -0.328. The van der Waals surface area contributed by atoms with Crippen molar-refractivity contribution in [2.75, 3.05) is 0 Å². The summed E-state index contributed by atoms with van der Waals surface area (Å²) in [7, 11) is 0. The van der Waals surface area contributed by atoms with Gasteiger partial charge in [-0.3, -0.25) is 0 Å². The highest BCUT2D eigenvalue weighted by molar-refractivity contribution is 5.93. The topological polar surface area (TPSA) is 52.2 Å². The second-order valence-corrected chi connectivity index (χ2v) is 5.61. The standard InChI is InChI=1S/C21H15N3O/c25-21(17-11-5-2-6-12-17)23-24-20(16-9-3-1-4-10-16)19-14-8-7-13-18(19)15-22-24/h1-15H. The second-order valence-electron chi connectivity index (χ2n) is 5.61. The van der Waals surface area contributed by atoms with Crippen LogP contribution in [0.2, 0.25) is 0 Å². The molecule has 0 N–H and O–H groups in total. The van der Waals surface area contributed by atoms with E-state index in [4.69, 9.17) is 0 Å². The second kappa shape index (κ2) is 6.53. The molecule has 120 valence electrons. The van der Waals surface area contributed by atoms with Crippen molar-refractivity contribution in [1.82, 2.24) is 5.10 Å². The van der Waals surface area contributed by atoms with E-state index < -0.39 is 0 Å².